The van der Waals surface area contributed by atoms with Crippen LogP contribution in [0.3, 0.4) is 0 Å². The van der Waals surface area contributed by atoms with Crippen molar-refractivity contribution in [2.45, 2.75) is 6.92 Å². The first-order valence-corrected chi connectivity index (χ1v) is 8.02. The van der Waals surface area contributed by atoms with Gasteiger partial charge in [-0.1, -0.05) is 11.6 Å². The quantitative estimate of drug-likeness (QED) is 0.570. The molecular formula is C18H15ClFN5O. The summed E-state index contributed by atoms with van der Waals surface area (Å²) < 4.78 is 13.3. The predicted molar refractivity (Wildman–Crippen MR) is 101 cm³/mol. The lowest BCUT2D eigenvalue weighted by Gasteiger charge is -2.13. The fourth-order valence-corrected chi connectivity index (χ4v) is 2.41. The van der Waals surface area contributed by atoms with Crippen molar-refractivity contribution in [3.05, 3.63) is 65.2 Å². The number of carbonyl (C=O) groups is 1. The highest BCUT2D eigenvalue weighted by atomic mass is 35.5. The Morgan fingerprint density at radius 3 is 2.19 bits per heavy atom. The van der Waals surface area contributed by atoms with E-state index in [1.165, 1.54) is 31.5 Å². The molecule has 3 aromatic rings. The molecule has 0 spiro atoms. The van der Waals surface area contributed by atoms with Crippen LogP contribution in [-0.2, 0) is 0 Å². The molecule has 0 bridgehead atoms. The third-order valence-electron chi connectivity index (χ3n) is 3.62. The van der Waals surface area contributed by atoms with Crippen molar-refractivity contribution in [1.29, 1.82) is 0 Å². The van der Waals surface area contributed by atoms with Gasteiger partial charge in [-0.3, -0.25) is 4.79 Å². The molecule has 2 aromatic carbocycles. The number of nitrogen functional groups attached to an aromatic ring is 1. The summed E-state index contributed by atoms with van der Waals surface area (Å²) in [5.74, 6) is 0.226. The molecule has 0 radical (unpaired) electrons. The number of aromatic nitrogens is 2. The van der Waals surface area contributed by atoms with E-state index >= 15 is 0 Å². The van der Waals surface area contributed by atoms with E-state index in [9.17, 15) is 9.18 Å². The molecule has 0 saturated carbocycles. The smallest absolute Gasteiger partial charge is 0.159 e. The van der Waals surface area contributed by atoms with Crippen molar-refractivity contribution in [3.8, 4) is 0 Å². The Balaban J connectivity index is 1.82. The minimum atomic E-state index is -0.510. The number of halogens is 2. The fraction of sp³-hybridized carbons (Fsp3) is 0.0556. The molecule has 0 unspecified atom stereocenters. The zero-order chi connectivity index (χ0) is 18.7. The number of carbonyl (C=O) groups excluding carboxylic acids is 1. The second-order valence-corrected chi connectivity index (χ2v) is 5.90. The summed E-state index contributed by atoms with van der Waals surface area (Å²) in [6.07, 6.45) is 1.34. The molecule has 3 rings (SSSR count). The number of nitrogens with one attached hydrogen (secondary N) is 2. The molecule has 132 valence electrons. The summed E-state index contributed by atoms with van der Waals surface area (Å²) >= 11 is 5.78. The van der Waals surface area contributed by atoms with Crippen molar-refractivity contribution < 1.29 is 9.18 Å². The lowest BCUT2D eigenvalue weighted by atomic mass is 10.1. The van der Waals surface area contributed by atoms with Crippen LogP contribution < -0.4 is 16.4 Å². The van der Waals surface area contributed by atoms with Crippen LogP contribution >= 0.6 is 11.6 Å². The van der Waals surface area contributed by atoms with Gasteiger partial charge in [-0.25, -0.2) is 14.4 Å². The Morgan fingerprint density at radius 1 is 1.04 bits per heavy atom. The van der Waals surface area contributed by atoms with Gasteiger partial charge in [-0.2, -0.15) is 0 Å². The average molecular weight is 372 g/mol. The number of hydrogen-bond donors (Lipinski definition) is 3. The van der Waals surface area contributed by atoms with Crippen LogP contribution in [0.1, 0.15) is 17.3 Å². The molecule has 0 aliphatic rings. The first-order chi connectivity index (χ1) is 12.4. The number of anilines is 5. The number of rotatable bonds is 5. The van der Waals surface area contributed by atoms with Gasteiger partial charge >= 0.3 is 0 Å². The second-order valence-electron chi connectivity index (χ2n) is 5.50. The van der Waals surface area contributed by atoms with E-state index in [-0.39, 0.29) is 16.5 Å². The average Bonchev–Trinajstić information content (AvgIpc) is 2.62. The van der Waals surface area contributed by atoms with Gasteiger partial charge in [0.15, 0.2) is 17.4 Å². The molecule has 1 heterocycles. The van der Waals surface area contributed by atoms with Crippen LogP contribution in [-0.4, -0.2) is 15.8 Å². The Kier molecular flexibility index (Phi) is 4.99. The normalized spacial score (nSPS) is 10.4. The SMILES string of the molecule is CC(=O)c1ccc(Nc2ncnc(Nc3ccc(F)c(Cl)c3)c2N)cc1. The van der Waals surface area contributed by atoms with Gasteiger partial charge < -0.3 is 16.4 Å². The first kappa shape index (κ1) is 17.6. The summed E-state index contributed by atoms with van der Waals surface area (Å²) in [4.78, 5) is 19.6. The molecule has 8 heteroatoms. The van der Waals surface area contributed by atoms with Gasteiger partial charge in [-0.05, 0) is 49.4 Å². The lowest BCUT2D eigenvalue weighted by Crippen LogP contribution is -2.05. The van der Waals surface area contributed by atoms with Gasteiger partial charge in [0, 0.05) is 16.9 Å². The third kappa shape index (κ3) is 3.89. The van der Waals surface area contributed by atoms with Gasteiger partial charge in [-0.15, -0.1) is 0 Å². The lowest BCUT2D eigenvalue weighted by molar-refractivity contribution is 0.101. The van der Waals surface area contributed by atoms with E-state index in [1.807, 2.05) is 0 Å². The van der Waals surface area contributed by atoms with E-state index in [4.69, 9.17) is 17.3 Å². The van der Waals surface area contributed by atoms with Gasteiger partial charge in [0.1, 0.15) is 17.8 Å². The van der Waals surface area contributed by atoms with E-state index in [0.29, 0.717) is 22.9 Å². The highest BCUT2D eigenvalue weighted by Gasteiger charge is 2.10. The number of nitrogens with zero attached hydrogens (tertiary/aromatic N) is 2. The minimum absolute atomic E-state index is 0.00784. The molecule has 0 aliphatic carbocycles. The monoisotopic (exact) mass is 371 g/mol. The van der Waals surface area contributed by atoms with Gasteiger partial charge in [0.05, 0.1) is 5.02 Å². The topological polar surface area (TPSA) is 92.9 Å². The third-order valence-corrected chi connectivity index (χ3v) is 3.91. The molecule has 0 fully saturated rings. The molecular weight excluding hydrogens is 357 g/mol. The second kappa shape index (κ2) is 7.37. The first-order valence-electron chi connectivity index (χ1n) is 7.64. The van der Waals surface area contributed by atoms with E-state index in [1.54, 1.807) is 24.3 Å². The molecule has 4 N–H and O–H groups in total. The van der Waals surface area contributed by atoms with Crippen molar-refractivity contribution >= 4 is 46.1 Å². The van der Waals surface area contributed by atoms with Crippen LogP contribution in [0.5, 0.6) is 0 Å². The van der Waals surface area contributed by atoms with Crippen LogP contribution in [0.4, 0.5) is 33.1 Å². The molecule has 6 nitrogen and oxygen atoms in total. The molecule has 0 atom stereocenters. The fourth-order valence-electron chi connectivity index (χ4n) is 2.23. The van der Waals surface area contributed by atoms with Crippen LogP contribution in [0.15, 0.2) is 48.8 Å². The summed E-state index contributed by atoms with van der Waals surface area (Å²) in [5, 5.41) is 6.04. The Bertz CT molecular complexity index is 962. The summed E-state index contributed by atoms with van der Waals surface area (Å²) in [6.45, 7) is 1.50. The Hall–Kier alpha value is -3.19. The van der Waals surface area contributed by atoms with E-state index in [0.717, 1.165) is 5.69 Å². The Labute approximate surface area is 154 Å². The predicted octanol–water partition coefficient (Wildman–Crippen LogP) is 4.54. The number of Topliss-reactive ketones (excluding diaryl/α,β-unsaturated/α-hetero) is 1. The van der Waals surface area contributed by atoms with Crippen molar-refractivity contribution in [2.24, 2.45) is 0 Å². The number of hydrogen-bond acceptors (Lipinski definition) is 6. The van der Waals surface area contributed by atoms with E-state index in [2.05, 4.69) is 20.6 Å². The molecule has 0 amide bonds. The zero-order valence-corrected chi connectivity index (χ0v) is 14.5. The van der Waals surface area contributed by atoms with Crippen molar-refractivity contribution in [2.75, 3.05) is 16.4 Å². The number of nitrogens with two attached hydrogens (primary N) is 1. The largest absolute Gasteiger partial charge is 0.393 e. The molecule has 1 aromatic heterocycles. The molecule has 26 heavy (non-hydrogen) atoms. The standard InChI is InChI=1S/C18H15ClFN5O/c1-10(26)11-2-4-12(5-3-11)24-17-16(21)18(23-9-22-17)25-13-6-7-15(20)14(19)8-13/h2-9H,21H2,1H3,(H2,22,23,24,25). The van der Waals surface area contributed by atoms with Crippen molar-refractivity contribution in [1.82, 2.24) is 9.97 Å². The summed E-state index contributed by atoms with van der Waals surface area (Å²) in [7, 11) is 0. The zero-order valence-electron chi connectivity index (χ0n) is 13.8. The van der Waals surface area contributed by atoms with Gasteiger partial charge in [0.2, 0.25) is 0 Å². The van der Waals surface area contributed by atoms with E-state index < -0.39 is 5.82 Å². The highest BCUT2D eigenvalue weighted by molar-refractivity contribution is 6.31. The summed E-state index contributed by atoms with van der Waals surface area (Å²) in [5.41, 5.74) is 8.27. The number of benzene rings is 2. The van der Waals surface area contributed by atoms with Crippen LogP contribution in [0, 0.1) is 5.82 Å². The van der Waals surface area contributed by atoms with Crippen LogP contribution in [0.2, 0.25) is 5.02 Å². The molecule has 0 saturated heterocycles. The van der Waals surface area contributed by atoms with Crippen LogP contribution in [0.25, 0.3) is 0 Å². The van der Waals surface area contributed by atoms with Gasteiger partial charge in [0.25, 0.3) is 0 Å². The minimum Gasteiger partial charge on any atom is -0.393 e. The summed E-state index contributed by atoms with van der Waals surface area (Å²) in [6, 6.07) is 11.1. The maximum absolute atomic E-state index is 13.3. The Morgan fingerprint density at radius 2 is 1.62 bits per heavy atom. The van der Waals surface area contributed by atoms with Crippen molar-refractivity contribution in [3.63, 3.8) is 0 Å². The maximum atomic E-state index is 13.3. The number of ketones is 1. The highest BCUT2D eigenvalue weighted by Crippen LogP contribution is 2.29. The maximum Gasteiger partial charge on any atom is 0.159 e. The molecule has 0 aliphatic heterocycles.